The summed E-state index contributed by atoms with van der Waals surface area (Å²) in [7, 11) is 0. The van der Waals surface area contributed by atoms with E-state index in [1.54, 1.807) is 0 Å². The van der Waals surface area contributed by atoms with E-state index in [4.69, 9.17) is 16.7 Å². The molecule has 4 N–H and O–H groups in total. The van der Waals surface area contributed by atoms with Crippen molar-refractivity contribution >= 4 is 40.1 Å². The minimum absolute atomic E-state index is 0.0622. The van der Waals surface area contributed by atoms with Crippen molar-refractivity contribution in [2.75, 3.05) is 25.0 Å². The Morgan fingerprint density at radius 3 is 2.96 bits per heavy atom. The number of aliphatic hydroxyl groups is 1. The molecular weight excluding hydrogens is 396 g/mol. The van der Waals surface area contributed by atoms with Gasteiger partial charge in [0.1, 0.15) is 17.2 Å². The number of hydrogen-bond acceptors (Lipinski definition) is 8. The molecule has 12 heteroatoms. The number of halogens is 1. The lowest BCUT2D eigenvalue weighted by atomic mass is 10.1. The summed E-state index contributed by atoms with van der Waals surface area (Å²) in [6, 6.07) is 1.35. The highest BCUT2D eigenvalue weighted by molar-refractivity contribution is 7.15. The highest BCUT2D eigenvalue weighted by Crippen LogP contribution is 2.28. The van der Waals surface area contributed by atoms with Crippen molar-refractivity contribution in [3.8, 4) is 0 Å². The highest BCUT2D eigenvalue weighted by Gasteiger charge is 2.23. The van der Waals surface area contributed by atoms with Crippen LogP contribution in [0.25, 0.3) is 0 Å². The SMILES string of the molecule is O=C(O)Nc1nc2c(s1)CCN(CC(O)CNC(=O)c1cc(Cl)ncn1)C2. The topological polar surface area (TPSA) is 141 Å². The van der Waals surface area contributed by atoms with Crippen LogP contribution in [0.4, 0.5) is 9.93 Å². The van der Waals surface area contributed by atoms with Crippen LogP contribution in [-0.2, 0) is 13.0 Å². The maximum Gasteiger partial charge on any atom is 0.410 e. The maximum absolute atomic E-state index is 12.0. The number of carbonyl (C=O) groups excluding carboxylic acids is 1. The summed E-state index contributed by atoms with van der Waals surface area (Å²) < 4.78 is 0. The van der Waals surface area contributed by atoms with Crippen LogP contribution in [-0.4, -0.2) is 67.8 Å². The number of hydrogen-bond donors (Lipinski definition) is 4. The number of carbonyl (C=O) groups is 2. The fourth-order valence-corrected chi connectivity index (χ4v) is 3.77. The van der Waals surface area contributed by atoms with Crippen LogP contribution in [0, 0.1) is 0 Å². The Hall–Kier alpha value is -2.34. The Morgan fingerprint density at radius 2 is 2.22 bits per heavy atom. The molecule has 0 fully saturated rings. The molecule has 1 atom stereocenters. The molecule has 0 saturated carbocycles. The van der Waals surface area contributed by atoms with E-state index in [1.165, 1.54) is 23.7 Å². The lowest BCUT2D eigenvalue weighted by Gasteiger charge is -2.27. The van der Waals surface area contributed by atoms with E-state index >= 15 is 0 Å². The molecule has 144 valence electrons. The molecule has 1 unspecified atom stereocenters. The summed E-state index contributed by atoms with van der Waals surface area (Å²) in [6.07, 6.45) is 0.00444. The number of thiazole rings is 1. The largest absolute Gasteiger partial charge is 0.465 e. The number of nitrogens with one attached hydrogen (secondary N) is 2. The van der Waals surface area contributed by atoms with Gasteiger partial charge in [-0.05, 0) is 6.42 Å². The highest BCUT2D eigenvalue weighted by atomic mass is 35.5. The zero-order valence-corrected chi connectivity index (χ0v) is 15.6. The van der Waals surface area contributed by atoms with E-state index in [9.17, 15) is 14.7 Å². The molecule has 27 heavy (non-hydrogen) atoms. The molecule has 0 radical (unpaired) electrons. The lowest BCUT2D eigenvalue weighted by Crippen LogP contribution is -2.42. The minimum Gasteiger partial charge on any atom is -0.465 e. The zero-order valence-electron chi connectivity index (χ0n) is 14.1. The number of carboxylic acid groups (broad SMARTS) is 1. The first-order valence-corrected chi connectivity index (χ1v) is 9.25. The smallest absolute Gasteiger partial charge is 0.410 e. The molecule has 1 aliphatic rings. The van der Waals surface area contributed by atoms with Gasteiger partial charge in [-0.15, -0.1) is 11.3 Å². The number of anilines is 1. The predicted molar refractivity (Wildman–Crippen MR) is 98.1 cm³/mol. The van der Waals surface area contributed by atoms with Gasteiger partial charge in [0.05, 0.1) is 11.8 Å². The third kappa shape index (κ3) is 5.32. The lowest BCUT2D eigenvalue weighted by molar-refractivity contribution is 0.0836. The van der Waals surface area contributed by atoms with Crippen LogP contribution in [0.2, 0.25) is 5.15 Å². The maximum atomic E-state index is 12.0. The second kappa shape index (κ2) is 8.57. The second-order valence-electron chi connectivity index (χ2n) is 5.89. The van der Waals surface area contributed by atoms with Crippen LogP contribution >= 0.6 is 22.9 Å². The number of fused-ring (bicyclic) bond motifs is 1. The van der Waals surface area contributed by atoms with Gasteiger partial charge in [0.2, 0.25) is 0 Å². The summed E-state index contributed by atoms with van der Waals surface area (Å²) in [4.78, 5) is 37.6. The standard InChI is InChI=1S/C15H17ClN6O4S/c16-12-3-9(18-7-19-12)13(24)17-4-8(23)5-22-2-1-11-10(6-22)20-14(27-11)21-15(25)26/h3,7-8,23H,1-2,4-6H2,(H,17,24)(H,20,21)(H,25,26). The number of aliphatic hydroxyl groups excluding tert-OH is 1. The minimum atomic E-state index is -1.14. The molecule has 0 saturated heterocycles. The molecule has 0 aliphatic carbocycles. The van der Waals surface area contributed by atoms with Gasteiger partial charge in [0.25, 0.3) is 5.91 Å². The van der Waals surface area contributed by atoms with Gasteiger partial charge >= 0.3 is 6.09 Å². The van der Waals surface area contributed by atoms with Crippen molar-refractivity contribution < 1.29 is 19.8 Å². The zero-order chi connectivity index (χ0) is 19.4. The van der Waals surface area contributed by atoms with E-state index in [0.717, 1.165) is 17.0 Å². The van der Waals surface area contributed by atoms with E-state index in [0.29, 0.717) is 24.8 Å². The predicted octanol–water partition coefficient (Wildman–Crippen LogP) is 0.825. The molecular formula is C15H17ClN6O4S. The molecule has 0 aromatic carbocycles. The monoisotopic (exact) mass is 412 g/mol. The Morgan fingerprint density at radius 1 is 1.41 bits per heavy atom. The normalized spacial score (nSPS) is 15.0. The van der Waals surface area contributed by atoms with Crippen molar-refractivity contribution in [3.05, 3.63) is 33.8 Å². The second-order valence-corrected chi connectivity index (χ2v) is 7.36. The Balaban J connectivity index is 1.48. The fraction of sp³-hybridized carbons (Fsp3) is 0.400. The molecule has 1 aliphatic heterocycles. The number of nitrogens with zero attached hydrogens (tertiary/aromatic N) is 4. The first kappa shape index (κ1) is 19.4. The number of rotatable bonds is 6. The van der Waals surface area contributed by atoms with E-state index in [1.807, 2.05) is 4.90 Å². The van der Waals surface area contributed by atoms with Crippen LogP contribution in [0.15, 0.2) is 12.4 Å². The van der Waals surface area contributed by atoms with E-state index in [-0.39, 0.29) is 17.4 Å². The van der Waals surface area contributed by atoms with Gasteiger partial charge in [0, 0.05) is 37.1 Å². The Labute approximate surface area is 163 Å². The molecule has 0 spiro atoms. The van der Waals surface area contributed by atoms with Crippen molar-refractivity contribution in [1.29, 1.82) is 0 Å². The van der Waals surface area contributed by atoms with Crippen LogP contribution in [0.3, 0.4) is 0 Å². The average molecular weight is 413 g/mol. The van der Waals surface area contributed by atoms with Crippen molar-refractivity contribution in [2.24, 2.45) is 0 Å². The summed E-state index contributed by atoms with van der Waals surface area (Å²) in [6.45, 7) is 1.64. The Bertz CT molecular complexity index is 847. The molecule has 2 aromatic rings. The molecule has 3 rings (SSSR count). The molecule has 10 nitrogen and oxygen atoms in total. The average Bonchev–Trinajstić information content (AvgIpc) is 3.00. The fourth-order valence-electron chi connectivity index (χ4n) is 2.67. The van der Waals surface area contributed by atoms with E-state index < -0.39 is 18.1 Å². The Kier molecular flexibility index (Phi) is 6.16. The van der Waals surface area contributed by atoms with Gasteiger partial charge in [-0.2, -0.15) is 0 Å². The van der Waals surface area contributed by atoms with Crippen molar-refractivity contribution in [1.82, 2.24) is 25.2 Å². The van der Waals surface area contributed by atoms with E-state index in [2.05, 4.69) is 25.6 Å². The first-order chi connectivity index (χ1) is 12.9. The van der Waals surface area contributed by atoms with Crippen LogP contribution in [0.1, 0.15) is 21.1 Å². The van der Waals surface area contributed by atoms with Gasteiger partial charge in [-0.3, -0.25) is 15.0 Å². The molecule has 2 amide bonds. The third-order valence-electron chi connectivity index (χ3n) is 3.85. The quantitative estimate of drug-likeness (QED) is 0.511. The van der Waals surface area contributed by atoms with Crippen LogP contribution < -0.4 is 10.6 Å². The number of amides is 2. The van der Waals surface area contributed by atoms with Crippen LogP contribution in [0.5, 0.6) is 0 Å². The molecule has 0 bridgehead atoms. The third-order valence-corrected chi connectivity index (χ3v) is 5.13. The molecule has 3 heterocycles. The number of β-amino-alcohol motifs (C(OH)–C–C–N with tert-alkyl or cyclic N) is 1. The van der Waals surface area contributed by atoms with Gasteiger partial charge in [0.15, 0.2) is 5.13 Å². The molecule has 2 aromatic heterocycles. The van der Waals surface area contributed by atoms with Crippen molar-refractivity contribution in [3.63, 3.8) is 0 Å². The number of aromatic nitrogens is 3. The van der Waals surface area contributed by atoms with Gasteiger partial charge < -0.3 is 15.5 Å². The van der Waals surface area contributed by atoms with Gasteiger partial charge in [-0.25, -0.2) is 19.7 Å². The van der Waals surface area contributed by atoms with Gasteiger partial charge in [-0.1, -0.05) is 11.6 Å². The summed E-state index contributed by atoms with van der Waals surface area (Å²) in [5, 5.41) is 24.3. The summed E-state index contributed by atoms with van der Waals surface area (Å²) in [5.74, 6) is -0.442. The first-order valence-electron chi connectivity index (χ1n) is 8.05. The summed E-state index contributed by atoms with van der Waals surface area (Å²) >= 11 is 7.05. The van der Waals surface area contributed by atoms with Crippen molar-refractivity contribution in [2.45, 2.75) is 19.1 Å². The summed E-state index contributed by atoms with van der Waals surface area (Å²) in [5.41, 5.74) is 0.938.